The summed E-state index contributed by atoms with van der Waals surface area (Å²) < 4.78 is 31.8. The summed E-state index contributed by atoms with van der Waals surface area (Å²) in [5.41, 5.74) is 1.11. The van der Waals surface area contributed by atoms with Crippen molar-refractivity contribution < 1.29 is 23.1 Å². The van der Waals surface area contributed by atoms with E-state index in [-0.39, 0.29) is 11.4 Å². The standard InChI is InChI=1S/C14H19NO5S/c1-11-4-5-12(6-7-14(16)17)10-13(11)21(18,19)15-8-3-9-20-2/h4-7,10,15H,3,8-9H2,1-2H3,(H,16,17). The first-order valence-electron chi connectivity index (χ1n) is 6.37. The molecule has 0 spiro atoms. The average molecular weight is 313 g/mol. The van der Waals surface area contributed by atoms with Crippen LogP contribution >= 0.6 is 0 Å². The number of hydrogen-bond acceptors (Lipinski definition) is 4. The predicted molar refractivity (Wildman–Crippen MR) is 79.5 cm³/mol. The molecule has 2 N–H and O–H groups in total. The molecule has 0 radical (unpaired) electrons. The minimum absolute atomic E-state index is 0.146. The van der Waals surface area contributed by atoms with Crippen LogP contribution in [0.5, 0.6) is 0 Å². The molecule has 7 heteroatoms. The van der Waals surface area contributed by atoms with E-state index in [1.54, 1.807) is 26.2 Å². The van der Waals surface area contributed by atoms with Gasteiger partial charge in [0, 0.05) is 26.3 Å². The highest BCUT2D eigenvalue weighted by atomic mass is 32.2. The van der Waals surface area contributed by atoms with Gasteiger partial charge in [0.15, 0.2) is 0 Å². The van der Waals surface area contributed by atoms with Crippen molar-refractivity contribution in [1.29, 1.82) is 0 Å². The Kier molecular flexibility index (Phi) is 6.54. The van der Waals surface area contributed by atoms with Gasteiger partial charge in [0.05, 0.1) is 4.90 Å². The predicted octanol–water partition coefficient (Wildman–Crippen LogP) is 1.41. The third-order valence-electron chi connectivity index (χ3n) is 2.74. The summed E-state index contributed by atoms with van der Waals surface area (Å²) in [5, 5.41) is 8.60. The smallest absolute Gasteiger partial charge is 0.328 e. The first kappa shape index (κ1) is 17.4. The molecule has 21 heavy (non-hydrogen) atoms. The van der Waals surface area contributed by atoms with Crippen molar-refractivity contribution in [2.75, 3.05) is 20.3 Å². The zero-order valence-corrected chi connectivity index (χ0v) is 12.8. The number of methoxy groups -OCH3 is 1. The number of carboxylic acid groups (broad SMARTS) is 1. The molecule has 1 aromatic rings. The quantitative estimate of drug-likeness (QED) is 0.559. The van der Waals surface area contributed by atoms with Gasteiger partial charge >= 0.3 is 5.97 Å². The highest BCUT2D eigenvalue weighted by molar-refractivity contribution is 7.89. The molecule has 0 heterocycles. The molecule has 116 valence electrons. The van der Waals surface area contributed by atoms with Gasteiger partial charge in [-0.15, -0.1) is 0 Å². The van der Waals surface area contributed by atoms with E-state index in [0.717, 1.165) is 6.08 Å². The normalized spacial score (nSPS) is 11.9. The van der Waals surface area contributed by atoms with Crippen LogP contribution in [0.1, 0.15) is 17.5 Å². The molecule has 0 amide bonds. The minimum atomic E-state index is -3.62. The van der Waals surface area contributed by atoms with Crippen LogP contribution < -0.4 is 4.72 Å². The first-order chi connectivity index (χ1) is 9.86. The Morgan fingerprint density at radius 2 is 2.14 bits per heavy atom. The number of rotatable bonds is 8. The fraction of sp³-hybridized carbons (Fsp3) is 0.357. The fourth-order valence-corrected chi connectivity index (χ4v) is 3.03. The van der Waals surface area contributed by atoms with Crippen molar-refractivity contribution in [1.82, 2.24) is 4.72 Å². The van der Waals surface area contributed by atoms with E-state index in [4.69, 9.17) is 9.84 Å². The molecular weight excluding hydrogens is 294 g/mol. The summed E-state index contributed by atoms with van der Waals surface area (Å²) in [6.45, 7) is 2.45. The number of hydrogen-bond donors (Lipinski definition) is 2. The van der Waals surface area contributed by atoms with Gasteiger partial charge < -0.3 is 9.84 Å². The van der Waals surface area contributed by atoms with Gasteiger partial charge in [-0.2, -0.15) is 0 Å². The number of sulfonamides is 1. The van der Waals surface area contributed by atoms with E-state index in [9.17, 15) is 13.2 Å². The molecule has 0 saturated heterocycles. The number of aryl methyl sites for hydroxylation is 1. The maximum absolute atomic E-state index is 12.2. The molecule has 0 aliphatic rings. The molecule has 1 rings (SSSR count). The van der Waals surface area contributed by atoms with E-state index in [2.05, 4.69) is 4.72 Å². The van der Waals surface area contributed by atoms with Crippen LogP contribution in [-0.4, -0.2) is 39.8 Å². The molecule has 1 aromatic carbocycles. The topological polar surface area (TPSA) is 92.7 Å². The van der Waals surface area contributed by atoms with Crippen molar-refractivity contribution in [2.24, 2.45) is 0 Å². The third kappa shape index (κ3) is 5.66. The highest BCUT2D eigenvalue weighted by Gasteiger charge is 2.16. The SMILES string of the molecule is COCCCNS(=O)(=O)c1cc(C=CC(=O)O)ccc1C. The second-order valence-corrected chi connectivity index (χ2v) is 6.18. The van der Waals surface area contributed by atoms with E-state index >= 15 is 0 Å². The van der Waals surface area contributed by atoms with Crippen molar-refractivity contribution >= 4 is 22.1 Å². The number of aliphatic carboxylic acids is 1. The lowest BCUT2D eigenvalue weighted by Gasteiger charge is -2.10. The van der Waals surface area contributed by atoms with Crippen LogP contribution in [0.4, 0.5) is 0 Å². The van der Waals surface area contributed by atoms with E-state index in [1.807, 2.05) is 0 Å². The molecule has 0 aliphatic heterocycles. The van der Waals surface area contributed by atoms with E-state index in [1.165, 1.54) is 12.1 Å². The summed E-state index contributed by atoms with van der Waals surface area (Å²) in [6.07, 6.45) is 2.90. The van der Waals surface area contributed by atoms with Crippen LogP contribution in [0.25, 0.3) is 6.08 Å². The number of carbonyl (C=O) groups is 1. The van der Waals surface area contributed by atoms with Crippen molar-refractivity contribution in [2.45, 2.75) is 18.2 Å². The van der Waals surface area contributed by atoms with Gasteiger partial charge in [-0.3, -0.25) is 0 Å². The lowest BCUT2D eigenvalue weighted by molar-refractivity contribution is -0.131. The molecule has 0 unspecified atom stereocenters. The molecule has 0 atom stereocenters. The van der Waals surface area contributed by atoms with Crippen molar-refractivity contribution in [3.8, 4) is 0 Å². The highest BCUT2D eigenvalue weighted by Crippen LogP contribution is 2.18. The average Bonchev–Trinajstić information content (AvgIpc) is 2.42. The summed E-state index contributed by atoms with van der Waals surface area (Å²) in [5.74, 6) is -1.09. The Morgan fingerprint density at radius 1 is 1.43 bits per heavy atom. The fourth-order valence-electron chi connectivity index (χ4n) is 1.68. The summed E-state index contributed by atoms with van der Waals surface area (Å²) >= 11 is 0. The first-order valence-corrected chi connectivity index (χ1v) is 7.85. The Labute approximate surface area is 124 Å². The number of nitrogens with one attached hydrogen (secondary N) is 1. The Bertz CT molecular complexity index is 622. The van der Waals surface area contributed by atoms with Crippen LogP contribution in [0, 0.1) is 6.92 Å². The number of benzene rings is 1. The van der Waals surface area contributed by atoms with Gasteiger partial charge in [0.1, 0.15) is 0 Å². The lowest BCUT2D eigenvalue weighted by Crippen LogP contribution is -2.26. The largest absolute Gasteiger partial charge is 0.478 e. The molecule has 0 aliphatic carbocycles. The Hall–Kier alpha value is -1.70. The summed E-state index contributed by atoms with van der Waals surface area (Å²) in [7, 11) is -2.07. The van der Waals surface area contributed by atoms with Gasteiger partial charge in [-0.25, -0.2) is 17.9 Å². The minimum Gasteiger partial charge on any atom is -0.478 e. The Balaban J connectivity index is 2.94. The monoisotopic (exact) mass is 313 g/mol. The molecular formula is C14H19NO5S. The van der Waals surface area contributed by atoms with E-state index in [0.29, 0.717) is 24.2 Å². The van der Waals surface area contributed by atoms with Gasteiger partial charge in [0.2, 0.25) is 10.0 Å². The number of carboxylic acids is 1. The van der Waals surface area contributed by atoms with Crippen molar-refractivity contribution in [3.63, 3.8) is 0 Å². The van der Waals surface area contributed by atoms with Gasteiger partial charge in [0.25, 0.3) is 0 Å². The van der Waals surface area contributed by atoms with Crippen LogP contribution in [0.15, 0.2) is 29.2 Å². The van der Waals surface area contributed by atoms with E-state index < -0.39 is 16.0 Å². The Morgan fingerprint density at radius 3 is 2.76 bits per heavy atom. The van der Waals surface area contributed by atoms with Crippen molar-refractivity contribution in [3.05, 3.63) is 35.4 Å². The molecule has 0 bridgehead atoms. The van der Waals surface area contributed by atoms with Gasteiger partial charge in [-0.1, -0.05) is 12.1 Å². The maximum atomic E-state index is 12.2. The maximum Gasteiger partial charge on any atom is 0.328 e. The second kappa shape index (κ2) is 7.92. The summed E-state index contributed by atoms with van der Waals surface area (Å²) in [4.78, 5) is 10.6. The van der Waals surface area contributed by atoms with Crippen LogP contribution in [0.2, 0.25) is 0 Å². The second-order valence-electron chi connectivity index (χ2n) is 4.44. The number of ether oxygens (including phenoxy) is 1. The zero-order chi connectivity index (χ0) is 15.9. The third-order valence-corrected chi connectivity index (χ3v) is 4.34. The molecule has 0 fully saturated rings. The van der Waals surface area contributed by atoms with Gasteiger partial charge in [-0.05, 0) is 36.6 Å². The molecule has 0 saturated carbocycles. The van der Waals surface area contributed by atoms with Crippen LogP contribution in [0.3, 0.4) is 0 Å². The zero-order valence-electron chi connectivity index (χ0n) is 12.0. The molecule has 6 nitrogen and oxygen atoms in total. The molecule has 0 aromatic heterocycles. The summed E-state index contributed by atoms with van der Waals surface area (Å²) in [6, 6.07) is 4.76. The lowest BCUT2D eigenvalue weighted by atomic mass is 10.1. The van der Waals surface area contributed by atoms with Crippen LogP contribution in [-0.2, 0) is 19.6 Å².